The molecule has 0 saturated carbocycles. The molecule has 0 aliphatic rings. The average molecular weight is 369 g/mol. The molecule has 0 amide bonds. The van der Waals surface area contributed by atoms with Gasteiger partial charge in [-0.3, -0.25) is 4.72 Å². The normalized spacial score (nSPS) is 13.0. The molecule has 3 N–H and O–H groups in total. The standard InChI is InChI=1S/C15H17BrN2O2S/c1-10-3-6-13(16)9-15(10)18-21(19,20)14-7-4-12(5-8-14)11(2)17/h3-9,11,18H,17H2,1-2H3. The van der Waals surface area contributed by atoms with Crippen LogP contribution in [0.5, 0.6) is 0 Å². The summed E-state index contributed by atoms with van der Waals surface area (Å²) in [7, 11) is -3.61. The number of benzene rings is 2. The summed E-state index contributed by atoms with van der Waals surface area (Å²) in [5, 5.41) is 0. The molecule has 0 aromatic heterocycles. The fraction of sp³-hybridized carbons (Fsp3) is 0.200. The molecule has 0 radical (unpaired) electrons. The topological polar surface area (TPSA) is 72.2 Å². The highest BCUT2D eigenvalue weighted by Crippen LogP contribution is 2.24. The first-order chi connectivity index (χ1) is 9.79. The maximum Gasteiger partial charge on any atom is 0.261 e. The fourth-order valence-electron chi connectivity index (χ4n) is 1.86. The van der Waals surface area contributed by atoms with Crippen molar-refractivity contribution >= 4 is 31.6 Å². The summed E-state index contributed by atoms with van der Waals surface area (Å²) in [6, 6.07) is 11.9. The molecule has 0 aliphatic carbocycles. The largest absolute Gasteiger partial charge is 0.324 e. The second kappa shape index (κ2) is 6.17. The first kappa shape index (κ1) is 16.0. The summed E-state index contributed by atoms with van der Waals surface area (Å²) in [4.78, 5) is 0.214. The van der Waals surface area contributed by atoms with Crippen molar-refractivity contribution in [2.45, 2.75) is 24.8 Å². The third kappa shape index (κ3) is 3.84. The van der Waals surface area contributed by atoms with Gasteiger partial charge in [0.15, 0.2) is 0 Å². The van der Waals surface area contributed by atoms with Crippen LogP contribution in [0.4, 0.5) is 5.69 Å². The number of nitrogens with two attached hydrogens (primary N) is 1. The van der Waals surface area contributed by atoms with Gasteiger partial charge in [-0.2, -0.15) is 0 Å². The zero-order chi connectivity index (χ0) is 15.6. The lowest BCUT2D eigenvalue weighted by molar-refractivity contribution is 0.601. The number of halogens is 1. The zero-order valence-electron chi connectivity index (χ0n) is 11.8. The van der Waals surface area contributed by atoms with Crippen LogP contribution in [0.15, 0.2) is 51.8 Å². The van der Waals surface area contributed by atoms with E-state index in [9.17, 15) is 8.42 Å². The Hall–Kier alpha value is -1.37. The number of nitrogens with one attached hydrogen (secondary N) is 1. The van der Waals surface area contributed by atoms with Crippen molar-refractivity contribution in [3.8, 4) is 0 Å². The molecule has 0 aliphatic heterocycles. The lowest BCUT2D eigenvalue weighted by Crippen LogP contribution is -2.14. The van der Waals surface area contributed by atoms with E-state index in [1.54, 1.807) is 30.3 Å². The summed E-state index contributed by atoms with van der Waals surface area (Å²) in [5.41, 5.74) is 8.07. The fourth-order valence-corrected chi connectivity index (χ4v) is 3.34. The van der Waals surface area contributed by atoms with Crippen LogP contribution in [-0.2, 0) is 10.0 Å². The van der Waals surface area contributed by atoms with Gasteiger partial charge in [-0.05, 0) is 49.2 Å². The van der Waals surface area contributed by atoms with E-state index in [-0.39, 0.29) is 10.9 Å². The number of aryl methyl sites for hydroxylation is 1. The molecular formula is C15H17BrN2O2S. The number of rotatable bonds is 4. The minimum atomic E-state index is -3.61. The smallest absolute Gasteiger partial charge is 0.261 e. The molecule has 2 aromatic rings. The van der Waals surface area contributed by atoms with Gasteiger partial charge >= 0.3 is 0 Å². The predicted octanol–water partition coefficient (Wildman–Crippen LogP) is 3.58. The van der Waals surface area contributed by atoms with Crippen LogP contribution in [0.3, 0.4) is 0 Å². The summed E-state index contributed by atoms with van der Waals surface area (Å²) in [6.45, 7) is 3.70. The Bertz CT molecular complexity index is 741. The van der Waals surface area contributed by atoms with E-state index in [1.165, 1.54) is 0 Å². The Labute approximate surface area is 133 Å². The lowest BCUT2D eigenvalue weighted by atomic mass is 10.1. The second-order valence-corrected chi connectivity index (χ2v) is 7.52. The van der Waals surface area contributed by atoms with Gasteiger partial charge in [-0.25, -0.2) is 8.42 Å². The van der Waals surface area contributed by atoms with E-state index in [1.807, 2.05) is 26.0 Å². The minimum absolute atomic E-state index is 0.123. The average Bonchev–Trinajstić information content (AvgIpc) is 2.43. The summed E-state index contributed by atoms with van der Waals surface area (Å²) < 4.78 is 28.2. The van der Waals surface area contributed by atoms with Gasteiger partial charge in [0.2, 0.25) is 0 Å². The molecule has 0 saturated heterocycles. The van der Waals surface area contributed by atoms with Crippen LogP contribution in [-0.4, -0.2) is 8.42 Å². The van der Waals surface area contributed by atoms with E-state index >= 15 is 0 Å². The Morgan fingerprint density at radius 1 is 1.14 bits per heavy atom. The number of anilines is 1. The Morgan fingerprint density at radius 2 is 1.76 bits per heavy atom. The van der Waals surface area contributed by atoms with Gasteiger partial charge in [0.1, 0.15) is 0 Å². The van der Waals surface area contributed by atoms with Crippen LogP contribution in [0.1, 0.15) is 24.1 Å². The van der Waals surface area contributed by atoms with Crippen molar-refractivity contribution < 1.29 is 8.42 Å². The van der Waals surface area contributed by atoms with Gasteiger partial charge < -0.3 is 5.73 Å². The summed E-state index contributed by atoms with van der Waals surface area (Å²) >= 11 is 3.34. The molecule has 0 fully saturated rings. The monoisotopic (exact) mass is 368 g/mol. The van der Waals surface area contributed by atoms with E-state index in [0.717, 1.165) is 15.6 Å². The van der Waals surface area contributed by atoms with Crippen molar-refractivity contribution in [3.63, 3.8) is 0 Å². The predicted molar refractivity (Wildman–Crippen MR) is 88.7 cm³/mol. The molecule has 1 unspecified atom stereocenters. The molecule has 0 spiro atoms. The van der Waals surface area contributed by atoms with E-state index in [0.29, 0.717) is 5.69 Å². The van der Waals surface area contributed by atoms with Gasteiger partial charge in [-0.1, -0.05) is 34.1 Å². The maximum absolute atomic E-state index is 12.4. The molecular weight excluding hydrogens is 352 g/mol. The Morgan fingerprint density at radius 3 is 2.33 bits per heavy atom. The molecule has 4 nitrogen and oxygen atoms in total. The maximum atomic E-state index is 12.4. The van der Waals surface area contributed by atoms with Gasteiger partial charge in [-0.15, -0.1) is 0 Å². The molecule has 2 aromatic carbocycles. The van der Waals surface area contributed by atoms with Crippen molar-refractivity contribution in [3.05, 3.63) is 58.1 Å². The number of hydrogen-bond acceptors (Lipinski definition) is 3. The highest BCUT2D eigenvalue weighted by atomic mass is 79.9. The van der Waals surface area contributed by atoms with Crippen LogP contribution in [0.25, 0.3) is 0 Å². The third-order valence-electron chi connectivity index (χ3n) is 3.16. The van der Waals surface area contributed by atoms with Crippen LogP contribution in [0, 0.1) is 6.92 Å². The van der Waals surface area contributed by atoms with Crippen LogP contribution < -0.4 is 10.5 Å². The van der Waals surface area contributed by atoms with Crippen molar-refractivity contribution in [1.29, 1.82) is 0 Å². The summed E-state index contributed by atoms with van der Waals surface area (Å²) in [6.07, 6.45) is 0. The molecule has 2 rings (SSSR count). The minimum Gasteiger partial charge on any atom is -0.324 e. The van der Waals surface area contributed by atoms with Gasteiger partial charge in [0.25, 0.3) is 10.0 Å². The molecule has 0 heterocycles. The number of sulfonamides is 1. The van der Waals surface area contributed by atoms with E-state index < -0.39 is 10.0 Å². The highest BCUT2D eigenvalue weighted by molar-refractivity contribution is 9.10. The molecule has 21 heavy (non-hydrogen) atoms. The zero-order valence-corrected chi connectivity index (χ0v) is 14.2. The highest BCUT2D eigenvalue weighted by Gasteiger charge is 2.15. The SMILES string of the molecule is Cc1ccc(Br)cc1NS(=O)(=O)c1ccc(C(C)N)cc1. The van der Waals surface area contributed by atoms with E-state index in [4.69, 9.17) is 5.73 Å². The van der Waals surface area contributed by atoms with Crippen LogP contribution >= 0.6 is 15.9 Å². The van der Waals surface area contributed by atoms with Crippen molar-refractivity contribution in [2.24, 2.45) is 5.73 Å². The number of hydrogen-bond donors (Lipinski definition) is 2. The lowest BCUT2D eigenvalue weighted by Gasteiger charge is -2.12. The second-order valence-electron chi connectivity index (χ2n) is 4.92. The summed E-state index contributed by atoms with van der Waals surface area (Å²) in [5.74, 6) is 0. The van der Waals surface area contributed by atoms with Crippen LogP contribution in [0.2, 0.25) is 0 Å². The third-order valence-corrected chi connectivity index (χ3v) is 5.03. The Balaban J connectivity index is 2.31. The van der Waals surface area contributed by atoms with Crippen molar-refractivity contribution in [1.82, 2.24) is 0 Å². The van der Waals surface area contributed by atoms with E-state index in [2.05, 4.69) is 20.7 Å². The molecule has 1 atom stereocenters. The quantitative estimate of drug-likeness (QED) is 0.865. The Kier molecular flexibility index (Phi) is 4.70. The first-order valence-corrected chi connectivity index (χ1v) is 8.72. The van der Waals surface area contributed by atoms with Gasteiger partial charge in [0.05, 0.1) is 10.6 Å². The molecule has 112 valence electrons. The van der Waals surface area contributed by atoms with Gasteiger partial charge in [0, 0.05) is 10.5 Å². The molecule has 0 bridgehead atoms. The van der Waals surface area contributed by atoms with Crippen molar-refractivity contribution in [2.75, 3.05) is 4.72 Å². The first-order valence-electron chi connectivity index (χ1n) is 6.44. The molecule has 6 heteroatoms.